The van der Waals surface area contributed by atoms with Gasteiger partial charge in [-0.05, 0) is 69.5 Å². The summed E-state index contributed by atoms with van der Waals surface area (Å²) < 4.78 is 18.8. The Kier molecular flexibility index (Phi) is 13.2. The first-order chi connectivity index (χ1) is 17.8. The van der Waals surface area contributed by atoms with Crippen molar-refractivity contribution in [2.45, 2.75) is 58.9 Å². The molecule has 2 aromatic rings. The standard InChI is InChI=1S/C29H42N2O4S2/c1-8-21(9-2)13-20(3)31(5)29(32)28(37-19-36)18-27-22(11-10-12-30-4)16-26(35-27)23-14-24(33-6)17-25(15-23)34-7/h14-21,30H,8-13H2,1-7H3/b28-18-. The second kappa shape index (κ2) is 15.8. The van der Waals surface area contributed by atoms with E-state index in [4.69, 9.17) is 26.1 Å². The maximum Gasteiger partial charge on any atom is 0.260 e. The monoisotopic (exact) mass is 546 g/mol. The molecule has 1 N–H and O–H groups in total. The van der Waals surface area contributed by atoms with Gasteiger partial charge in [-0.1, -0.05) is 50.7 Å². The maximum absolute atomic E-state index is 13.5. The first-order valence-electron chi connectivity index (χ1n) is 12.9. The third-order valence-corrected chi connectivity index (χ3v) is 7.74. The molecule has 0 radical (unpaired) electrons. The molecular formula is C29H42N2O4S2. The number of aryl methyl sites for hydroxylation is 1. The summed E-state index contributed by atoms with van der Waals surface area (Å²) in [6.07, 6.45) is 6.78. The van der Waals surface area contributed by atoms with E-state index in [1.165, 1.54) is 16.5 Å². The highest BCUT2D eigenvalue weighted by Crippen LogP contribution is 2.34. The van der Waals surface area contributed by atoms with Crippen LogP contribution in [0.5, 0.6) is 11.5 Å². The Bertz CT molecular complexity index is 1020. The Morgan fingerprint density at radius 2 is 1.81 bits per heavy atom. The minimum atomic E-state index is -0.0493. The molecule has 37 heavy (non-hydrogen) atoms. The highest BCUT2D eigenvalue weighted by Gasteiger charge is 2.23. The van der Waals surface area contributed by atoms with E-state index >= 15 is 0 Å². The number of nitrogens with one attached hydrogen (secondary N) is 1. The average Bonchev–Trinajstić information content (AvgIpc) is 3.32. The van der Waals surface area contributed by atoms with Crippen molar-refractivity contribution in [2.24, 2.45) is 5.92 Å². The lowest BCUT2D eigenvalue weighted by Crippen LogP contribution is -2.36. The van der Waals surface area contributed by atoms with Gasteiger partial charge in [-0.15, -0.1) is 0 Å². The molecule has 0 spiro atoms. The van der Waals surface area contributed by atoms with Crippen LogP contribution in [-0.2, 0) is 11.2 Å². The summed E-state index contributed by atoms with van der Waals surface area (Å²) in [6.45, 7) is 7.41. The van der Waals surface area contributed by atoms with Crippen LogP contribution < -0.4 is 14.8 Å². The topological polar surface area (TPSA) is 63.9 Å². The number of benzene rings is 1. The van der Waals surface area contributed by atoms with E-state index < -0.39 is 0 Å². The third-order valence-electron chi connectivity index (χ3n) is 6.81. The predicted octanol–water partition coefficient (Wildman–Crippen LogP) is 6.82. The van der Waals surface area contributed by atoms with Crippen molar-refractivity contribution >= 4 is 40.7 Å². The Morgan fingerprint density at radius 3 is 2.35 bits per heavy atom. The lowest BCUT2D eigenvalue weighted by molar-refractivity contribution is -0.127. The van der Waals surface area contributed by atoms with Crippen molar-refractivity contribution in [3.63, 3.8) is 0 Å². The molecule has 1 aromatic carbocycles. The number of thiocarbonyl (C=S) groups is 1. The predicted molar refractivity (Wildman–Crippen MR) is 160 cm³/mol. The van der Waals surface area contributed by atoms with Crippen LogP contribution in [-0.4, -0.2) is 56.4 Å². The lowest BCUT2D eigenvalue weighted by Gasteiger charge is -2.28. The van der Waals surface area contributed by atoms with Gasteiger partial charge in [-0.3, -0.25) is 4.79 Å². The van der Waals surface area contributed by atoms with Crippen LogP contribution in [0.3, 0.4) is 0 Å². The Balaban J connectivity index is 2.47. The zero-order chi connectivity index (χ0) is 27.4. The largest absolute Gasteiger partial charge is 0.497 e. The fourth-order valence-corrected chi connectivity index (χ4v) is 5.10. The molecular weight excluding hydrogens is 504 g/mol. The summed E-state index contributed by atoms with van der Waals surface area (Å²) in [5, 5.41) is 3.20. The van der Waals surface area contributed by atoms with Crippen molar-refractivity contribution in [3.8, 4) is 22.8 Å². The van der Waals surface area contributed by atoms with Gasteiger partial charge in [0.25, 0.3) is 5.91 Å². The molecule has 1 unspecified atom stereocenters. The number of nitrogens with zero attached hydrogens (tertiary/aromatic N) is 1. The Hall–Kier alpha value is -2.29. The van der Waals surface area contributed by atoms with Crippen LogP contribution in [0.4, 0.5) is 0 Å². The van der Waals surface area contributed by atoms with Gasteiger partial charge in [0.2, 0.25) is 0 Å². The highest BCUT2D eigenvalue weighted by molar-refractivity contribution is 8.24. The molecule has 0 saturated heterocycles. The van der Waals surface area contributed by atoms with Gasteiger partial charge in [0.05, 0.1) is 19.1 Å². The van der Waals surface area contributed by atoms with Crippen LogP contribution in [0.1, 0.15) is 57.8 Å². The number of hydrogen-bond acceptors (Lipinski definition) is 7. The number of hydrogen-bond donors (Lipinski definition) is 1. The summed E-state index contributed by atoms with van der Waals surface area (Å²) in [5.74, 6) is 3.27. The van der Waals surface area contributed by atoms with Gasteiger partial charge in [-0.2, -0.15) is 0 Å². The van der Waals surface area contributed by atoms with Gasteiger partial charge in [0, 0.05) is 35.5 Å². The van der Waals surface area contributed by atoms with E-state index in [0.717, 1.165) is 49.8 Å². The number of methoxy groups -OCH3 is 2. The normalized spacial score (nSPS) is 12.5. The fraction of sp³-hybridized carbons (Fsp3) is 0.517. The Morgan fingerprint density at radius 1 is 1.16 bits per heavy atom. The number of amides is 1. The van der Waals surface area contributed by atoms with Crippen LogP contribution >= 0.6 is 24.0 Å². The molecule has 1 aromatic heterocycles. The number of carbonyl (C=O) groups is 1. The van der Waals surface area contributed by atoms with Crippen molar-refractivity contribution in [2.75, 3.05) is 34.9 Å². The summed E-state index contributed by atoms with van der Waals surface area (Å²) >= 11 is 6.40. The number of thioether (sulfide) groups is 1. The molecule has 0 fully saturated rings. The third kappa shape index (κ3) is 8.90. The highest BCUT2D eigenvalue weighted by atomic mass is 32.2. The second-order valence-corrected chi connectivity index (χ2v) is 10.7. The number of carbonyl (C=O) groups excluding carboxylic acids is 1. The van der Waals surface area contributed by atoms with E-state index in [-0.39, 0.29) is 11.9 Å². The number of ether oxygens (including phenoxy) is 2. The molecule has 0 bridgehead atoms. The maximum atomic E-state index is 13.5. The van der Waals surface area contributed by atoms with Crippen LogP contribution in [0, 0.1) is 5.92 Å². The van der Waals surface area contributed by atoms with E-state index in [9.17, 15) is 4.79 Å². The van der Waals surface area contributed by atoms with E-state index in [0.29, 0.717) is 33.8 Å². The molecule has 1 amide bonds. The first-order valence-corrected chi connectivity index (χ1v) is 14.3. The molecule has 8 heteroatoms. The minimum Gasteiger partial charge on any atom is -0.497 e. The SMILES string of the molecule is CCC(CC)CC(C)N(C)C(=O)/C(=C/c1oc(-c2cc(OC)cc(OC)c2)cc1CCCNC)SC=S. The van der Waals surface area contributed by atoms with E-state index in [1.807, 2.05) is 49.3 Å². The van der Waals surface area contributed by atoms with E-state index in [1.54, 1.807) is 14.2 Å². The zero-order valence-electron chi connectivity index (χ0n) is 23.3. The second-order valence-electron chi connectivity index (χ2n) is 9.21. The van der Waals surface area contributed by atoms with Gasteiger partial charge >= 0.3 is 0 Å². The van der Waals surface area contributed by atoms with Gasteiger partial charge < -0.3 is 24.1 Å². The van der Waals surface area contributed by atoms with E-state index in [2.05, 4.69) is 26.1 Å². The quantitative estimate of drug-likeness (QED) is 0.141. The first kappa shape index (κ1) is 30.9. The summed E-state index contributed by atoms with van der Waals surface area (Å²) in [4.78, 5) is 15.9. The minimum absolute atomic E-state index is 0.0493. The molecule has 2 rings (SSSR count). The average molecular weight is 547 g/mol. The molecule has 0 saturated carbocycles. The number of rotatable bonds is 16. The zero-order valence-corrected chi connectivity index (χ0v) is 24.9. The summed E-state index contributed by atoms with van der Waals surface area (Å²) in [7, 11) is 7.06. The van der Waals surface area contributed by atoms with Gasteiger partial charge in [0.15, 0.2) is 0 Å². The molecule has 6 nitrogen and oxygen atoms in total. The smallest absolute Gasteiger partial charge is 0.260 e. The van der Waals surface area contributed by atoms with Crippen molar-refractivity contribution < 1.29 is 18.7 Å². The fourth-order valence-electron chi connectivity index (χ4n) is 4.26. The Labute approximate surface area is 232 Å². The van der Waals surface area contributed by atoms with Gasteiger partial charge in [-0.25, -0.2) is 0 Å². The summed E-state index contributed by atoms with van der Waals surface area (Å²) in [5.41, 5.74) is 1.88. The van der Waals surface area contributed by atoms with Crippen LogP contribution in [0.2, 0.25) is 0 Å². The van der Waals surface area contributed by atoms with Gasteiger partial charge in [0.1, 0.15) is 23.0 Å². The van der Waals surface area contributed by atoms with Crippen molar-refractivity contribution in [1.29, 1.82) is 0 Å². The molecule has 0 aliphatic carbocycles. The van der Waals surface area contributed by atoms with Crippen LogP contribution in [0.15, 0.2) is 33.6 Å². The molecule has 0 aliphatic heterocycles. The van der Waals surface area contributed by atoms with Crippen molar-refractivity contribution in [1.82, 2.24) is 10.2 Å². The summed E-state index contributed by atoms with van der Waals surface area (Å²) in [6, 6.07) is 7.82. The molecule has 204 valence electrons. The molecule has 0 aliphatic rings. The van der Waals surface area contributed by atoms with Crippen molar-refractivity contribution in [3.05, 3.63) is 40.5 Å². The molecule has 1 atom stereocenters. The van der Waals surface area contributed by atoms with Crippen LogP contribution in [0.25, 0.3) is 17.4 Å². The molecule has 1 heterocycles. The number of likely N-dealkylation sites (N-methyl/N-ethyl adjacent to an activating group) is 1. The lowest BCUT2D eigenvalue weighted by atomic mass is 9.95. The number of furan rings is 1.